The maximum Gasteiger partial charge on any atom is 0.383 e. The minimum absolute atomic E-state index is 0.0462. The predicted molar refractivity (Wildman–Crippen MR) is 124 cm³/mol. The number of hydrogen-bond donors (Lipinski definition) is 1. The van der Waals surface area contributed by atoms with Gasteiger partial charge >= 0.3 is 10.3 Å². The highest BCUT2D eigenvalue weighted by atomic mass is 35.5. The first-order valence-corrected chi connectivity index (χ1v) is 12.3. The molecule has 0 aromatic heterocycles. The SMILES string of the molecule is CC1=CC[C@@H]2[C@H]([C@@H]1NS(=O)(=O)Oc1cc(Cl)ccc1Oc1ccc(Cl)cc1Cl)C2(C)C. The summed E-state index contributed by atoms with van der Waals surface area (Å²) in [7, 11) is -4.16. The van der Waals surface area contributed by atoms with Crippen LogP contribution in [0.15, 0.2) is 48.0 Å². The average Bonchev–Trinajstić information content (AvgIpc) is 3.22. The molecule has 0 aliphatic heterocycles. The van der Waals surface area contributed by atoms with Crippen LogP contribution in [0.25, 0.3) is 0 Å². The van der Waals surface area contributed by atoms with Gasteiger partial charge in [0.1, 0.15) is 5.75 Å². The van der Waals surface area contributed by atoms with E-state index in [4.69, 9.17) is 43.7 Å². The van der Waals surface area contributed by atoms with Crippen molar-refractivity contribution in [2.75, 3.05) is 0 Å². The fraction of sp³-hybridized carbons (Fsp3) is 0.364. The van der Waals surface area contributed by atoms with Gasteiger partial charge in [-0.3, -0.25) is 0 Å². The number of fused-ring (bicyclic) bond motifs is 1. The third-order valence-electron chi connectivity index (χ3n) is 6.17. The molecule has 2 aliphatic carbocycles. The first-order chi connectivity index (χ1) is 14.5. The number of nitrogens with one attached hydrogen (secondary N) is 1. The standard InChI is InChI=1S/C22H22Cl3NO4S/c1-12-4-7-15-20(22(15,2)3)21(12)26-31(27,28)30-19-11-14(24)6-9-18(19)29-17-8-5-13(23)10-16(17)25/h4-6,8-11,15,20-21,26H,7H2,1-3H3/t15-,20-,21-/m1/s1. The quantitative estimate of drug-likeness (QED) is 0.450. The van der Waals surface area contributed by atoms with Crippen molar-refractivity contribution in [1.82, 2.24) is 4.72 Å². The molecule has 0 amide bonds. The van der Waals surface area contributed by atoms with E-state index in [2.05, 4.69) is 24.6 Å². The third kappa shape index (κ3) is 4.69. The summed E-state index contributed by atoms with van der Waals surface area (Å²) in [6.07, 6.45) is 3.07. The van der Waals surface area contributed by atoms with Crippen LogP contribution in [0.3, 0.4) is 0 Å². The van der Waals surface area contributed by atoms with E-state index in [9.17, 15) is 8.42 Å². The molecule has 0 radical (unpaired) electrons. The summed E-state index contributed by atoms with van der Waals surface area (Å²) >= 11 is 18.2. The number of halogens is 3. The fourth-order valence-electron chi connectivity index (χ4n) is 4.39. The molecule has 0 heterocycles. The van der Waals surface area contributed by atoms with Gasteiger partial charge in [0, 0.05) is 22.2 Å². The van der Waals surface area contributed by atoms with Gasteiger partial charge in [0.05, 0.1) is 5.02 Å². The van der Waals surface area contributed by atoms with Crippen molar-refractivity contribution >= 4 is 45.1 Å². The summed E-state index contributed by atoms with van der Waals surface area (Å²) in [5.74, 6) is 1.10. The molecular formula is C22H22Cl3NO4S. The van der Waals surface area contributed by atoms with E-state index in [0.717, 1.165) is 12.0 Å². The van der Waals surface area contributed by atoms with Crippen LogP contribution in [-0.2, 0) is 10.3 Å². The molecule has 1 N–H and O–H groups in total. The fourth-order valence-corrected chi connectivity index (χ4v) is 6.06. The molecule has 2 aliphatic rings. The first kappa shape index (κ1) is 22.7. The normalized spacial score (nSPS) is 24.2. The maximum absolute atomic E-state index is 12.9. The lowest BCUT2D eigenvalue weighted by Gasteiger charge is -2.23. The Morgan fingerprint density at radius 3 is 2.32 bits per heavy atom. The molecule has 9 heteroatoms. The van der Waals surface area contributed by atoms with E-state index in [1.54, 1.807) is 18.2 Å². The number of ether oxygens (including phenoxy) is 1. The molecule has 3 atom stereocenters. The van der Waals surface area contributed by atoms with E-state index in [1.807, 2.05) is 6.92 Å². The van der Waals surface area contributed by atoms with Crippen molar-refractivity contribution in [3.05, 3.63) is 63.1 Å². The lowest BCUT2D eigenvalue weighted by molar-refractivity contribution is 0.414. The highest BCUT2D eigenvalue weighted by Crippen LogP contribution is 2.64. The van der Waals surface area contributed by atoms with Crippen LogP contribution in [0.4, 0.5) is 0 Å². The van der Waals surface area contributed by atoms with Crippen LogP contribution in [0.2, 0.25) is 15.1 Å². The van der Waals surface area contributed by atoms with Gasteiger partial charge in [0.2, 0.25) is 0 Å². The van der Waals surface area contributed by atoms with Crippen molar-refractivity contribution in [2.45, 2.75) is 33.2 Å². The highest BCUT2D eigenvalue weighted by molar-refractivity contribution is 7.85. The molecule has 5 nitrogen and oxygen atoms in total. The summed E-state index contributed by atoms with van der Waals surface area (Å²) in [6, 6.07) is 8.88. The average molecular weight is 503 g/mol. The lowest BCUT2D eigenvalue weighted by atomic mass is 9.95. The molecule has 1 saturated carbocycles. The summed E-state index contributed by atoms with van der Waals surface area (Å²) in [6.45, 7) is 6.26. The summed E-state index contributed by atoms with van der Waals surface area (Å²) in [5.41, 5.74) is 1.08. The molecular weight excluding hydrogens is 481 g/mol. The predicted octanol–water partition coefficient (Wildman–Crippen LogP) is 6.64. The van der Waals surface area contributed by atoms with E-state index in [0.29, 0.717) is 21.7 Å². The van der Waals surface area contributed by atoms with Crippen LogP contribution in [0, 0.1) is 17.3 Å². The molecule has 31 heavy (non-hydrogen) atoms. The Kier molecular flexibility index (Phi) is 5.99. The van der Waals surface area contributed by atoms with Gasteiger partial charge in [-0.2, -0.15) is 13.1 Å². The number of hydrogen-bond acceptors (Lipinski definition) is 4. The maximum atomic E-state index is 12.9. The second kappa shape index (κ2) is 8.16. The minimum atomic E-state index is -4.16. The Bertz CT molecular complexity index is 1160. The Balaban J connectivity index is 1.57. The summed E-state index contributed by atoms with van der Waals surface area (Å²) in [4.78, 5) is 0. The van der Waals surface area contributed by atoms with Crippen molar-refractivity contribution in [2.24, 2.45) is 17.3 Å². The van der Waals surface area contributed by atoms with E-state index in [1.165, 1.54) is 18.2 Å². The lowest BCUT2D eigenvalue weighted by Crippen LogP contribution is -2.41. The van der Waals surface area contributed by atoms with Gasteiger partial charge in [-0.1, -0.05) is 60.3 Å². The zero-order valence-corrected chi connectivity index (χ0v) is 20.2. The van der Waals surface area contributed by atoms with E-state index < -0.39 is 10.3 Å². The molecule has 2 aromatic rings. The monoisotopic (exact) mass is 501 g/mol. The zero-order valence-electron chi connectivity index (χ0n) is 17.2. The van der Waals surface area contributed by atoms with Crippen molar-refractivity contribution in [3.8, 4) is 17.2 Å². The summed E-state index contributed by atoms with van der Waals surface area (Å²) < 4.78 is 39.7. The van der Waals surface area contributed by atoms with Gasteiger partial charge in [-0.15, -0.1) is 0 Å². The molecule has 0 unspecified atom stereocenters. The third-order valence-corrected chi connectivity index (χ3v) is 7.88. The van der Waals surface area contributed by atoms with Gasteiger partial charge < -0.3 is 8.92 Å². The number of rotatable bonds is 6. The van der Waals surface area contributed by atoms with Gasteiger partial charge in [0.25, 0.3) is 0 Å². The second-order valence-electron chi connectivity index (χ2n) is 8.54. The molecule has 1 fully saturated rings. The van der Waals surface area contributed by atoms with Crippen LogP contribution < -0.4 is 13.6 Å². The van der Waals surface area contributed by atoms with Crippen LogP contribution in [-0.4, -0.2) is 14.5 Å². The minimum Gasteiger partial charge on any atom is -0.452 e. The van der Waals surface area contributed by atoms with Crippen LogP contribution in [0.5, 0.6) is 17.2 Å². The number of allylic oxidation sites excluding steroid dienone is 1. The van der Waals surface area contributed by atoms with Gasteiger partial charge in [-0.25, -0.2) is 0 Å². The Labute approximate surface area is 197 Å². The second-order valence-corrected chi connectivity index (χ2v) is 11.1. The molecule has 0 saturated heterocycles. The molecule has 2 aromatic carbocycles. The number of benzene rings is 2. The van der Waals surface area contributed by atoms with Gasteiger partial charge in [-0.05, 0) is 60.9 Å². The summed E-state index contributed by atoms with van der Waals surface area (Å²) in [5, 5.41) is 1.03. The largest absolute Gasteiger partial charge is 0.452 e. The smallest absolute Gasteiger partial charge is 0.383 e. The van der Waals surface area contributed by atoms with Crippen molar-refractivity contribution in [3.63, 3.8) is 0 Å². The highest BCUT2D eigenvalue weighted by Gasteiger charge is 2.62. The van der Waals surface area contributed by atoms with Crippen LogP contribution >= 0.6 is 34.8 Å². The van der Waals surface area contributed by atoms with Crippen LogP contribution in [0.1, 0.15) is 27.2 Å². The van der Waals surface area contributed by atoms with Gasteiger partial charge in [0.15, 0.2) is 11.5 Å². The first-order valence-electron chi connectivity index (χ1n) is 9.79. The molecule has 4 rings (SSSR count). The zero-order chi connectivity index (χ0) is 22.6. The molecule has 166 valence electrons. The Morgan fingerprint density at radius 1 is 1.00 bits per heavy atom. The molecule has 0 bridgehead atoms. The van der Waals surface area contributed by atoms with E-state index >= 15 is 0 Å². The Hall–Kier alpha value is -1.44. The van der Waals surface area contributed by atoms with Crippen molar-refractivity contribution < 1.29 is 17.3 Å². The van der Waals surface area contributed by atoms with E-state index in [-0.39, 0.29) is 33.9 Å². The molecule has 0 spiro atoms. The van der Waals surface area contributed by atoms with Crippen molar-refractivity contribution in [1.29, 1.82) is 0 Å². The Morgan fingerprint density at radius 2 is 1.65 bits per heavy atom. The topological polar surface area (TPSA) is 64.6 Å².